The molecule has 12 rings (SSSR count). The van der Waals surface area contributed by atoms with Crippen LogP contribution in [0.5, 0.6) is 0 Å². The molecule has 9 aromatic carbocycles. The van der Waals surface area contributed by atoms with Crippen molar-refractivity contribution in [2.45, 2.75) is 5.41 Å². The maximum Gasteiger partial charge on any atom is 0.101 e. The minimum absolute atomic E-state index is 0.109. The van der Waals surface area contributed by atoms with E-state index in [9.17, 15) is 0 Å². The van der Waals surface area contributed by atoms with E-state index in [-0.39, 0.29) is 35.3 Å². The smallest absolute Gasteiger partial charge is 0.101 e. The van der Waals surface area contributed by atoms with Crippen molar-refractivity contribution in [2.24, 2.45) is 0 Å². The van der Waals surface area contributed by atoms with Gasteiger partial charge in [-0.05, 0) is 126 Å². The second-order valence-electron chi connectivity index (χ2n) is 15.3. The first-order valence-corrected chi connectivity index (χ1v) is 21.0. The number of rotatable bonds is 7. The second kappa shape index (κ2) is 14.3. The molecule has 0 atom stereocenters. The minimum atomic E-state index is -0.452. The maximum absolute atomic E-state index is 8.58. The fourth-order valence-electron chi connectivity index (χ4n) is 9.45. The Labute approximate surface area is 375 Å². The van der Waals surface area contributed by atoms with Gasteiger partial charge in [0.1, 0.15) is 5.00 Å². The predicted octanol–water partition coefficient (Wildman–Crippen LogP) is 16.2. The number of fused-ring (bicyclic) bond motifs is 10. The van der Waals surface area contributed by atoms with E-state index >= 15 is 0 Å². The SMILES string of the molecule is [2H]c1c([2H])c([2H])c(-c2ccc(N(c3ccc(-c4c([2H])c([2H])c([2H])c([2H])c4[2H])cc3)c3ccc(-c4ccc(-c5ccc6c(c5)C5(c7ccccc7-c7ccccc75)c5ccccc5-6)cc4)s3)cc2)c([2H])c1[2H]. The number of anilines is 3. The highest BCUT2D eigenvalue weighted by molar-refractivity contribution is 7.19. The van der Waals surface area contributed by atoms with Gasteiger partial charge in [-0.25, -0.2) is 0 Å². The zero-order chi connectivity index (χ0) is 49.0. The van der Waals surface area contributed by atoms with Gasteiger partial charge < -0.3 is 4.90 Å². The van der Waals surface area contributed by atoms with Crippen LogP contribution in [0.15, 0.2) is 236 Å². The predicted molar refractivity (Wildman–Crippen MR) is 257 cm³/mol. The average molecular weight is 804 g/mol. The quantitative estimate of drug-likeness (QED) is 0.155. The zero-order valence-electron chi connectivity index (χ0n) is 42.6. The van der Waals surface area contributed by atoms with E-state index in [0.29, 0.717) is 11.1 Å². The molecule has 2 heteroatoms. The fraction of sp³-hybridized carbons (Fsp3) is 0.0169. The summed E-state index contributed by atoms with van der Waals surface area (Å²) >= 11 is 1.58. The largest absolute Gasteiger partial charge is 0.302 e. The number of thiophene rings is 1. The summed E-state index contributed by atoms with van der Waals surface area (Å²) in [6, 6.07) is 56.8. The van der Waals surface area contributed by atoms with Crippen molar-refractivity contribution in [2.75, 3.05) is 4.90 Å². The van der Waals surface area contributed by atoms with Gasteiger partial charge in [0.05, 0.1) is 19.1 Å². The molecule has 286 valence electrons. The third-order valence-electron chi connectivity index (χ3n) is 12.1. The molecule has 1 heterocycles. The van der Waals surface area contributed by atoms with Crippen molar-refractivity contribution in [1.82, 2.24) is 0 Å². The molecule has 2 aliphatic rings. The molecule has 1 spiro atoms. The number of benzene rings is 9. The zero-order valence-corrected chi connectivity index (χ0v) is 33.4. The van der Waals surface area contributed by atoms with Crippen LogP contribution in [-0.4, -0.2) is 0 Å². The van der Waals surface area contributed by atoms with Crippen LogP contribution in [0.2, 0.25) is 0 Å². The first-order valence-electron chi connectivity index (χ1n) is 25.2. The lowest BCUT2D eigenvalue weighted by molar-refractivity contribution is 0.794. The molecule has 0 amide bonds. The summed E-state index contributed by atoms with van der Waals surface area (Å²) in [7, 11) is 0. The molecule has 0 bridgehead atoms. The summed E-state index contributed by atoms with van der Waals surface area (Å²) < 4.78 is 83.5. The molecule has 0 fully saturated rings. The second-order valence-corrected chi connectivity index (χ2v) is 16.4. The minimum Gasteiger partial charge on any atom is -0.302 e. The van der Waals surface area contributed by atoms with Crippen molar-refractivity contribution in [3.8, 4) is 66.1 Å². The molecule has 0 aliphatic heterocycles. The molecule has 1 aromatic heterocycles. The molecule has 10 aromatic rings. The molecule has 0 saturated heterocycles. The van der Waals surface area contributed by atoms with Gasteiger partial charge in [0.25, 0.3) is 0 Å². The Morgan fingerprint density at radius 1 is 0.344 bits per heavy atom. The summed E-state index contributed by atoms with van der Waals surface area (Å²) in [4.78, 5) is 3.06. The summed E-state index contributed by atoms with van der Waals surface area (Å²) in [5.74, 6) is 0. The Bertz CT molecular complexity index is 3590. The van der Waals surface area contributed by atoms with Crippen molar-refractivity contribution < 1.29 is 13.7 Å². The Hall–Kier alpha value is -7.52. The van der Waals surface area contributed by atoms with E-state index in [1.54, 1.807) is 35.6 Å². The third-order valence-corrected chi connectivity index (χ3v) is 13.3. The van der Waals surface area contributed by atoms with Crippen LogP contribution in [0.4, 0.5) is 16.4 Å². The van der Waals surface area contributed by atoms with Gasteiger partial charge in [0.2, 0.25) is 0 Å². The van der Waals surface area contributed by atoms with Crippen LogP contribution in [0.3, 0.4) is 0 Å². The Morgan fingerprint density at radius 2 is 0.754 bits per heavy atom. The van der Waals surface area contributed by atoms with Crippen LogP contribution in [-0.2, 0) is 5.41 Å². The molecular formula is C59H39NS. The van der Waals surface area contributed by atoms with Crippen LogP contribution in [0.25, 0.3) is 66.1 Å². The van der Waals surface area contributed by atoms with E-state index in [1.165, 1.54) is 44.5 Å². The summed E-state index contributed by atoms with van der Waals surface area (Å²) in [6.07, 6.45) is 0. The van der Waals surface area contributed by atoms with Crippen LogP contribution in [0, 0.1) is 0 Å². The Balaban J connectivity index is 0.915. The monoisotopic (exact) mass is 803 g/mol. The first-order chi connectivity index (χ1) is 34.4. The van der Waals surface area contributed by atoms with E-state index in [1.807, 2.05) is 35.2 Å². The number of nitrogens with zero attached hydrogens (tertiary/aromatic N) is 1. The third kappa shape index (κ3) is 5.68. The summed E-state index contributed by atoms with van der Waals surface area (Å²) in [5.41, 5.74) is 15.7. The molecule has 0 unspecified atom stereocenters. The summed E-state index contributed by atoms with van der Waals surface area (Å²) in [5, 5.41) is 0.857. The van der Waals surface area contributed by atoms with Gasteiger partial charge in [-0.15, -0.1) is 11.3 Å². The standard InChI is InChI=1S/C59H39NS/c1-3-13-40(14-4-1)42-27-32-47(33-28-42)60(48-34-29-43(30-35-48)41-15-5-2-6-16-41)58-38-37-57(61-58)45-25-23-44(24-26-45)46-31-36-52-51-19-9-12-22-55(51)59(56(52)39-46)53-20-10-7-17-49(53)50-18-8-11-21-54(50)59/h1-39H/i1D,2D,3D,4D,5D,6D,13D,14D,15D,16D. The topological polar surface area (TPSA) is 3.24 Å². The normalized spacial score (nSPS) is 15.0. The highest BCUT2D eigenvalue weighted by Gasteiger charge is 2.51. The van der Waals surface area contributed by atoms with Gasteiger partial charge in [0.15, 0.2) is 0 Å². The molecule has 2 aliphatic carbocycles. The summed E-state index contributed by atoms with van der Waals surface area (Å²) in [6.45, 7) is 0. The van der Waals surface area contributed by atoms with Crippen molar-refractivity contribution >= 4 is 27.7 Å². The average Bonchev–Trinajstić information content (AvgIpc) is 4.10. The van der Waals surface area contributed by atoms with E-state index in [0.717, 1.165) is 37.9 Å². The van der Waals surface area contributed by atoms with Gasteiger partial charge >= 0.3 is 0 Å². The molecule has 0 N–H and O–H groups in total. The Morgan fingerprint density at radius 3 is 1.26 bits per heavy atom. The molecule has 0 saturated carbocycles. The van der Waals surface area contributed by atoms with Gasteiger partial charge in [-0.1, -0.05) is 194 Å². The van der Waals surface area contributed by atoms with Gasteiger partial charge in [0, 0.05) is 16.3 Å². The van der Waals surface area contributed by atoms with Gasteiger partial charge in [-0.2, -0.15) is 0 Å². The molecule has 0 radical (unpaired) electrons. The van der Waals surface area contributed by atoms with Crippen LogP contribution < -0.4 is 4.90 Å². The first kappa shape index (κ1) is 26.6. The number of hydrogen-bond acceptors (Lipinski definition) is 2. The fourth-order valence-corrected chi connectivity index (χ4v) is 10.5. The van der Waals surface area contributed by atoms with Crippen LogP contribution in [0.1, 0.15) is 36.0 Å². The maximum atomic E-state index is 8.58. The lowest BCUT2D eigenvalue weighted by Crippen LogP contribution is -2.25. The van der Waals surface area contributed by atoms with Crippen molar-refractivity contribution in [3.05, 3.63) is 259 Å². The van der Waals surface area contributed by atoms with Gasteiger partial charge in [-0.3, -0.25) is 0 Å². The highest BCUT2D eigenvalue weighted by atomic mass is 32.1. The highest BCUT2D eigenvalue weighted by Crippen LogP contribution is 2.63. The van der Waals surface area contributed by atoms with E-state index in [4.69, 9.17) is 13.7 Å². The molecular weight excluding hydrogens is 755 g/mol. The van der Waals surface area contributed by atoms with Crippen molar-refractivity contribution in [1.29, 1.82) is 0 Å². The van der Waals surface area contributed by atoms with Crippen LogP contribution >= 0.6 is 11.3 Å². The molecule has 1 nitrogen and oxygen atoms in total. The van der Waals surface area contributed by atoms with Crippen molar-refractivity contribution in [3.63, 3.8) is 0 Å². The Kier molecular flexibility index (Phi) is 6.24. The molecule has 61 heavy (non-hydrogen) atoms. The lowest BCUT2D eigenvalue weighted by atomic mass is 9.70. The van der Waals surface area contributed by atoms with E-state index < -0.39 is 41.7 Å². The van der Waals surface area contributed by atoms with E-state index in [2.05, 4.69) is 121 Å². The number of hydrogen-bond donors (Lipinski definition) is 0. The lowest BCUT2D eigenvalue weighted by Gasteiger charge is -2.30.